The molecule has 98 valence electrons. The Kier molecular flexibility index (Phi) is 3.93. The van der Waals surface area contributed by atoms with Crippen LogP contribution in [0.1, 0.15) is 28.9 Å². The highest BCUT2D eigenvalue weighted by Crippen LogP contribution is 2.28. The maximum atomic E-state index is 11.8. The third-order valence-electron chi connectivity index (χ3n) is 2.93. The van der Waals surface area contributed by atoms with Gasteiger partial charge in [0.25, 0.3) is 0 Å². The summed E-state index contributed by atoms with van der Waals surface area (Å²) >= 11 is 0.827. The lowest BCUT2D eigenvalue weighted by atomic mass is 10.2. The molecule has 2 atom stereocenters. The van der Waals surface area contributed by atoms with E-state index in [2.05, 4.69) is 0 Å². The minimum Gasteiger partial charge on any atom is -0.455 e. The molecule has 1 saturated carbocycles. The Bertz CT molecular complexity index is 458. The Hall–Kier alpha value is -1.47. The summed E-state index contributed by atoms with van der Waals surface area (Å²) in [4.78, 5) is 22.1. The van der Waals surface area contributed by atoms with Crippen molar-refractivity contribution >= 4 is 22.3 Å². The number of thiophene rings is 1. The van der Waals surface area contributed by atoms with E-state index in [1.807, 2.05) is 0 Å². The molecule has 0 radical (unpaired) electrons. The fourth-order valence-corrected chi connectivity index (χ4v) is 2.73. The standard InChI is InChI=1S/C11H13NO5S/c1-16-7-3-2-4-8(7)17-11(13)9-5-6-10(18-9)12(14)15/h5-8H,2-4H2,1H3/t7-,8-/m1/s1. The first-order valence-corrected chi connectivity index (χ1v) is 6.41. The third-order valence-corrected chi connectivity index (χ3v) is 3.94. The van der Waals surface area contributed by atoms with Gasteiger partial charge >= 0.3 is 11.0 Å². The van der Waals surface area contributed by atoms with Crippen molar-refractivity contribution in [3.63, 3.8) is 0 Å². The van der Waals surface area contributed by atoms with Crippen LogP contribution in [0.3, 0.4) is 0 Å². The number of rotatable bonds is 4. The first-order valence-electron chi connectivity index (χ1n) is 5.60. The smallest absolute Gasteiger partial charge is 0.348 e. The second kappa shape index (κ2) is 5.45. The van der Waals surface area contributed by atoms with Gasteiger partial charge in [0.1, 0.15) is 11.0 Å². The minimum absolute atomic E-state index is 0.0586. The molecule has 0 spiro atoms. The van der Waals surface area contributed by atoms with Crippen LogP contribution in [-0.4, -0.2) is 30.2 Å². The fourth-order valence-electron chi connectivity index (χ4n) is 2.03. The molecule has 7 heteroatoms. The Labute approximate surface area is 108 Å². The van der Waals surface area contributed by atoms with Gasteiger partial charge in [-0.1, -0.05) is 11.3 Å². The highest BCUT2D eigenvalue weighted by atomic mass is 32.1. The van der Waals surface area contributed by atoms with Gasteiger partial charge in [-0.25, -0.2) is 4.79 Å². The van der Waals surface area contributed by atoms with Crippen LogP contribution in [0.25, 0.3) is 0 Å². The summed E-state index contributed by atoms with van der Waals surface area (Å²) in [6.45, 7) is 0. The average molecular weight is 271 g/mol. The Morgan fingerprint density at radius 1 is 1.44 bits per heavy atom. The number of esters is 1. The lowest BCUT2D eigenvalue weighted by Crippen LogP contribution is -2.27. The summed E-state index contributed by atoms with van der Waals surface area (Å²) in [7, 11) is 1.59. The Balaban J connectivity index is 2.00. The first kappa shape index (κ1) is 13.0. The van der Waals surface area contributed by atoms with E-state index in [9.17, 15) is 14.9 Å². The predicted molar refractivity (Wildman–Crippen MR) is 64.8 cm³/mol. The van der Waals surface area contributed by atoms with Crippen LogP contribution in [0.15, 0.2) is 12.1 Å². The van der Waals surface area contributed by atoms with Gasteiger partial charge in [0.05, 0.1) is 11.0 Å². The zero-order chi connectivity index (χ0) is 13.1. The van der Waals surface area contributed by atoms with Gasteiger partial charge < -0.3 is 9.47 Å². The van der Waals surface area contributed by atoms with Gasteiger partial charge in [-0.3, -0.25) is 10.1 Å². The average Bonchev–Trinajstić information content (AvgIpc) is 2.96. The summed E-state index contributed by atoms with van der Waals surface area (Å²) in [6.07, 6.45) is 2.30. The van der Waals surface area contributed by atoms with Crippen molar-refractivity contribution in [2.45, 2.75) is 31.5 Å². The van der Waals surface area contributed by atoms with Crippen molar-refractivity contribution in [2.24, 2.45) is 0 Å². The molecule has 1 heterocycles. The van der Waals surface area contributed by atoms with E-state index in [1.54, 1.807) is 7.11 Å². The molecule has 0 N–H and O–H groups in total. The van der Waals surface area contributed by atoms with E-state index in [4.69, 9.17) is 9.47 Å². The Morgan fingerprint density at radius 3 is 2.78 bits per heavy atom. The van der Waals surface area contributed by atoms with E-state index in [-0.39, 0.29) is 22.1 Å². The van der Waals surface area contributed by atoms with Gasteiger partial charge in [0, 0.05) is 13.2 Å². The van der Waals surface area contributed by atoms with E-state index >= 15 is 0 Å². The molecule has 0 aliphatic heterocycles. The quantitative estimate of drug-likeness (QED) is 0.477. The molecule has 18 heavy (non-hydrogen) atoms. The van der Waals surface area contributed by atoms with Gasteiger partial charge in [-0.05, 0) is 25.3 Å². The van der Waals surface area contributed by atoms with Crippen LogP contribution in [-0.2, 0) is 9.47 Å². The second-order valence-corrected chi connectivity index (χ2v) is 5.11. The van der Waals surface area contributed by atoms with E-state index < -0.39 is 10.9 Å². The van der Waals surface area contributed by atoms with Gasteiger partial charge in [-0.15, -0.1) is 0 Å². The number of carbonyl (C=O) groups excluding carboxylic acids is 1. The molecule has 1 aromatic rings. The van der Waals surface area contributed by atoms with Crippen molar-refractivity contribution in [3.8, 4) is 0 Å². The number of nitro groups is 1. The lowest BCUT2D eigenvalue weighted by molar-refractivity contribution is -0.380. The molecule has 0 aromatic carbocycles. The van der Waals surface area contributed by atoms with Crippen LogP contribution in [0.4, 0.5) is 5.00 Å². The molecule has 0 unspecified atom stereocenters. The summed E-state index contributed by atoms with van der Waals surface area (Å²) < 4.78 is 10.5. The largest absolute Gasteiger partial charge is 0.455 e. The van der Waals surface area contributed by atoms with Crippen molar-refractivity contribution in [3.05, 3.63) is 27.1 Å². The molecular formula is C11H13NO5S. The van der Waals surface area contributed by atoms with Crippen LogP contribution >= 0.6 is 11.3 Å². The molecule has 1 fully saturated rings. The maximum Gasteiger partial charge on any atom is 0.348 e. The van der Waals surface area contributed by atoms with Gasteiger partial charge in [0.15, 0.2) is 0 Å². The number of carbonyl (C=O) groups is 1. The fraction of sp³-hybridized carbons (Fsp3) is 0.545. The molecule has 0 amide bonds. The normalized spacial score (nSPS) is 22.9. The highest BCUT2D eigenvalue weighted by Gasteiger charge is 2.31. The number of hydrogen-bond acceptors (Lipinski definition) is 6. The van der Waals surface area contributed by atoms with Gasteiger partial charge in [-0.2, -0.15) is 0 Å². The second-order valence-electron chi connectivity index (χ2n) is 4.04. The maximum absolute atomic E-state index is 11.8. The zero-order valence-electron chi connectivity index (χ0n) is 9.83. The number of nitrogens with zero attached hydrogens (tertiary/aromatic N) is 1. The number of hydrogen-bond donors (Lipinski definition) is 0. The zero-order valence-corrected chi connectivity index (χ0v) is 10.6. The van der Waals surface area contributed by atoms with Crippen LogP contribution in [0, 0.1) is 10.1 Å². The molecule has 2 rings (SSSR count). The lowest BCUT2D eigenvalue weighted by Gasteiger charge is -2.18. The molecule has 1 aromatic heterocycles. The van der Waals surface area contributed by atoms with Crippen molar-refractivity contribution in [2.75, 3.05) is 7.11 Å². The van der Waals surface area contributed by atoms with Crippen molar-refractivity contribution < 1.29 is 19.2 Å². The summed E-state index contributed by atoms with van der Waals surface area (Å²) in [5.74, 6) is -0.512. The first-order chi connectivity index (χ1) is 8.61. The van der Waals surface area contributed by atoms with Gasteiger partial charge in [0.2, 0.25) is 0 Å². The predicted octanol–water partition coefficient (Wildman–Crippen LogP) is 2.38. The molecule has 0 saturated heterocycles. The van der Waals surface area contributed by atoms with Crippen molar-refractivity contribution in [1.29, 1.82) is 0 Å². The van der Waals surface area contributed by atoms with Crippen molar-refractivity contribution in [1.82, 2.24) is 0 Å². The summed E-state index contributed by atoms with van der Waals surface area (Å²) in [6, 6.07) is 2.73. The summed E-state index contributed by atoms with van der Waals surface area (Å²) in [5.41, 5.74) is 0. The van der Waals surface area contributed by atoms with E-state index in [0.29, 0.717) is 0 Å². The molecule has 1 aliphatic carbocycles. The number of ether oxygens (including phenoxy) is 2. The van der Waals surface area contributed by atoms with E-state index in [0.717, 1.165) is 30.6 Å². The van der Waals surface area contributed by atoms with Crippen LogP contribution in [0.2, 0.25) is 0 Å². The SMILES string of the molecule is CO[C@@H]1CCC[C@H]1OC(=O)c1ccc([N+](=O)[O-])s1. The number of methoxy groups -OCH3 is 1. The molecule has 6 nitrogen and oxygen atoms in total. The topological polar surface area (TPSA) is 78.7 Å². The molecular weight excluding hydrogens is 258 g/mol. The highest BCUT2D eigenvalue weighted by molar-refractivity contribution is 7.17. The molecule has 1 aliphatic rings. The Morgan fingerprint density at radius 2 is 2.17 bits per heavy atom. The van der Waals surface area contributed by atoms with Crippen LogP contribution in [0.5, 0.6) is 0 Å². The molecule has 0 bridgehead atoms. The third kappa shape index (κ3) is 2.68. The monoisotopic (exact) mass is 271 g/mol. The minimum atomic E-state index is -0.519. The van der Waals surface area contributed by atoms with E-state index in [1.165, 1.54) is 12.1 Å². The summed E-state index contributed by atoms with van der Waals surface area (Å²) in [5, 5.41) is 10.5. The van der Waals surface area contributed by atoms with Crippen LogP contribution < -0.4 is 0 Å².